The Hall–Kier alpha value is -2.82. The lowest BCUT2D eigenvalue weighted by Gasteiger charge is -2.45. The molecule has 3 saturated heterocycles. The van der Waals surface area contributed by atoms with Crippen LogP contribution in [-0.2, 0) is 16.1 Å². The van der Waals surface area contributed by atoms with Gasteiger partial charge in [0.15, 0.2) is 6.10 Å². The second-order valence-electron chi connectivity index (χ2n) is 10.9. The summed E-state index contributed by atoms with van der Waals surface area (Å²) in [5.41, 5.74) is 7.85. The summed E-state index contributed by atoms with van der Waals surface area (Å²) in [5, 5.41) is 0. The molecule has 3 aliphatic heterocycles. The first-order valence-corrected chi connectivity index (χ1v) is 13.3. The number of piperidine rings is 2. The van der Waals surface area contributed by atoms with Gasteiger partial charge in [0.05, 0.1) is 0 Å². The van der Waals surface area contributed by atoms with Crippen LogP contribution in [0.4, 0.5) is 18.0 Å². The first kappa shape index (κ1) is 28.2. The Balaban J connectivity index is 1.42. The summed E-state index contributed by atoms with van der Waals surface area (Å²) in [4.78, 5) is 42.9. The molecule has 3 fully saturated rings. The number of carbonyl (C=O) groups is 3. The average molecular weight is 539 g/mol. The number of hydrogen-bond acceptors (Lipinski definition) is 5. The Morgan fingerprint density at radius 2 is 1.71 bits per heavy atom. The number of nitrogens with zero attached hydrogens (tertiary/aromatic N) is 3. The zero-order valence-electron chi connectivity index (χ0n) is 22.1. The van der Waals surface area contributed by atoms with E-state index in [2.05, 4.69) is 9.64 Å². The van der Waals surface area contributed by atoms with Crippen LogP contribution in [0.2, 0.25) is 0 Å². The van der Waals surface area contributed by atoms with Crippen LogP contribution in [0.3, 0.4) is 0 Å². The molecule has 3 aliphatic rings. The van der Waals surface area contributed by atoms with Crippen LogP contribution in [0.5, 0.6) is 0 Å². The van der Waals surface area contributed by atoms with E-state index in [9.17, 15) is 27.6 Å². The molecule has 0 saturated carbocycles. The van der Waals surface area contributed by atoms with Gasteiger partial charge in [-0.3, -0.25) is 14.5 Å². The van der Waals surface area contributed by atoms with Gasteiger partial charge in [0.2, 0.25) is 5.91 Å². The number of nitrogens with two attached hydrogens (primary N) is 1. The molecule has 0 bridgehead atoms. The van der Waals surface area contributed by atoms with Gasteiger partial charge in [-0.25, -0.2) is 4.79 Å². The largest absolute Gasteiger partial charge is 0.437 e. The van der Waals surface area contributed by atoms with Crippen molar-refractivity contribution in [2.24, 2.45) is 11.7 Å². The monoisotopic (exact) mass is 538 g/mol. The van der Waals surface area contributed by atoms with Crippen LogP contribution in [0.25, 0.3) is 0 Å². The van der Waals surface area contributed by atoms with Gasteiger partial charge in [-0.05, 0) is 70.5 Å². The van der Waals surface area contributed by atoms with E-state index in [1.165, 1.54) is 4.90 Å². The minimum atomic E-state index is -4.59. The molecule has 3 heterocycles. The molecule has 38 heavy (non-hydrogen) atoms. The van der Waals surface area contributed by atoms with E-state index in [4.69, 9.17) is 5.73 Å². The number of ether oxygens (including phenoxy) is 1. The summed E-state index contributed by atoms with van der Waals surface area (Å²) < 4.78 is 43.1. The van der Waals surface area contributed by atoms with Crippen LogP contribution in [0.15, 0.2) is 18.2 Å². The van der Waals surface area contributed by atoms with Gasteiger partial charge < -0.3 is 20.3 Å². The molecule has 3 amide bonds. The quantitative estimate of drug-likeness (QED) is 0.615. The molecule has 0 radical (unpaired) electrons. The van der Waals surface area contributed by atoms with E-state index >= 15 is 0 Å². The molecule has 4 rings (SSSR count). The lowest BCUT2D eigenvalue weighted by atomic mass is 9.84. The predicted octanol–water partition coefficient (Wildman–Crippen LogP) is 3.85. The number of carbonyl (C=O) groups excluding carboxylic acids is 3. The number of benzene rings is 1. The van der Waals surface area contributed by atoms with Crippen molar-refractivity contribution in [2.45, 2.75) is 76.7 Å². The summed E-state index contributed by atoms with van der Waals surface area (Å²) in [5.74, 6) is -0.557. The molecule has 1 aromatic rings. The van der Waals surface area contributed by atoms with Crippen LogP contribution >= 0.6 is 0 Å². The number of rotatable bonds is 5. The van der Waals surface area contributed by atoms with E-state index in [0.717, 1.165) is 37.4 Å². The molecule has 210 valence electrons. The van der Waals surface area contributed by atoms with Gasteiger partial charge in [-0.15, -0.1) is 0 Å². The summed E-state index contributed by atoms with van der Waals surface area (Å²) in [6.07, 6.45) is -3.34. The maximum Gasteiger partial charge on any atom is 0.425 e. The summed E-state index contributed by atoms with van der Waals surface area (Å²) in [7, 11) is 0. The number of amides is 3. The van der Waals surface area contributed by atoms with Gasteiger partial charge in [0.1, 0.15) is 0 Å². The zero-order chi connectivity index (χ0) is 27.7. The van der Waals surface area contributed by atoms with Gasteiger partial charge in [-0.1, -0.05) is 17.7 Å². The van der Waals surface area contributed by atoms with Crippen molar-refractivity contribution in [1.82, 2.24) is 14.7 Å². The predicted molar refractivity (Wildman–Crippen MR) is 134 cm³/mol. The number of hydrogen-bond donors (Lipinski definition) is 1. The van der Waals surface area contributed by atoms with E-state index in [-0.39, 0.29) is 23.3 Å². The number of aryl methyl sites for hydroxylation is 1. The minimum Gasteiger partial charge on any atom is -0.437 e. The normalized spacial score (nSPS) is 21.5. The standard InChI is InChI=1S/C27H37F3N4O4/c1-18-4-5-21(22(16-18)24(36)32-12-6-20(7-13-32)23(31)35)17-34-11-3-8-26(34)9-14-33(15-10-26)25(37)38-19(2)27(28,29)30/h4-5,16,19-20H,3,6-15,17H2,1-2H3,(H2,31,35). The maximum absolute atomic E-state index is 13.5. The molecule has 0 aliphatic carbocycles. The third kappa shape index (κ3) is 6.08. The topological polar surface area (TPSA) is 96.2 Å². The summed E-state index contributed by atoms with van der Waals surface area (Å²) in [6.45, 7) is 5.85. The van der Waals surface area contributed by atoms with E-state index < -0.39 is 18.4 Å². The number of halogens is 3. The van der Waals surface area contributed by atoms with Crippen LogP contribution in [0.1, 0.15) is 66.9 Å². The van der Waals surface area contributed by atoms with Crippen LogP contribution in [0, 0.1) is 12.8 Å². The molecule has 11 heteroatoms. The van der Waals surface area contributed by atoms with E-state index in [1.807, 2.05) is 25.1 Å². The lowest BCUT2D eigenvalue weighted by molar-refractivity contribution is -0.200. The van der Waals surface area contributed by atoms with Crippen molar-refractivity contribution in [1.29, 1.82) is 0 Å². The third-order valence-electron chi connectivity index (χ3n) is 8.47. The maximum atomic E-state index is 13.5. The number of primary amides is 1. The first-order chi connectivity index (χ1) is 17.9. The van der Waals surface area contributed by atoms with Crippen molar-refractivity contribution >= 4 is 17.9 Å². The fraction of sp³-hybridized carbons (Fsp3) is 0.667. The smallest absolute Gasteiger partial charge is 0.425 e. The molecule has 1 spiro atoms. The molecular weight excluding hydrogens is 501 g/mol. The average Bonchev–Trinajstić information content (AvgIpc) is 3.25. The Morgan fingerprint density at radius 3 is 2.32 bits per heavy atom. The van der Waals surface area contributed by atoms with Crippen LogP contribution < -0.4 is 5.73 Å². The van der Waals surface area contributed by atoms with Gasteiger partial charge in [0.25, 0.3) is 5.91 Å². The highest BCUT2D eigenvalue weighted by Crippen LogP contribution is 2.40. The van der Waals surface area contributed by atoms with Crippen LogP contribution in [-0.4, -0.2) is 83.2 Å². The second-order valence-corrected chi connectivity index (χ2v) is 10.9. The van der Waals surface area contributed by atoms with E-state index in [0.29, 0.717) is 64.0 Å². The Labute approximate surface area is 221 Å². The highest BCUT2D eigenvalue weighted by molar-refractivity contribution is 5.96. The summed E-state index contributed by atoms with van der Waals surface area (Å²) in [6, 6.07) is 5.91. The SMILES string of the molecule is Cc1ccc(CN2CCCC23CCN(C(=O)OC(C)C(F)(F)F)CC3)c(C(=O)N2CCC(C(N)=O)CC2)c1. The minimum absolute atomic E-state index is 0.0452. The molecule has 8 nitrogen and oxygen atoms in total. The van der Waals surface area contributed by atoms with Gasteiger partial charge >= 0.3 is 12.3 Å². The Bertz CT molecular complexity index is 1050. The molecule has 1 atom stereocenters. The van der Waals surface area contributed by atoms with Crippen molar-refractivity contribution in [3.63, 3.8) is 0 Å². The second kappa shape index (κ2) is 11.1. The summed E-state index contributed by atoms with van der Waals surface area (Å²) >= 11 is 0. The van der Waals surface area contributed by atoms with E-state index in [1.54, 1.807) is 4.90 Å². The molecule has 0 aromatic heterocycles. The highest BCUT2D eigenvalue weighted by Gasteiger charge is 2.45. The Morgan fingerprint density at radius 1 is 1.05 bits per heavy atom. The van der Waals surface area contributed by atoms with Gasteiger partial charge in [0, 0.05) is 49.7 Å². The van der Waals surface area contributed by atoms with Crippen molar-refractivity contribution in [3.8, 4) is 0 Å². The van der Waals surface area contributed by atoms with Crippen molar-refractivity contribution < 1.29 is 32.3 Å². The lowest BCUT2D eigenvalue weighted by Crippen LogP contribution is -2.53. The number of likely N-dealkylation sites (tertiary alicyclic amines) is 3. The number of alkyl halides is 3. The van der Waals surface area contributed by atoms with Gasteiger partial charge in [-0.2, -0.15) is 13.2 Å². The highest BCUT2D eigenvalue weighted by atomic mass is 19.4. The zero-order valence-corrected chi connectivity index (χ0v) is 22.1. The fourth-order valence-electron chi connectivity index (χ4n) is 5.98. The third-order valence-corrected chi connectivity index (χ3v) is 8.47. The Kier molecular flexibility index (Phi) is 8.25. The molecule has 2 N–H and O–H groups in total. The van der Waals surface area contributed by atoms with Crippen molar-refractivity contribution in [2.75, 3.05) is 32.7 Å². The fourth-order valence-corrected chi connectivity index (χ4v) is 5.98. The first-order valence-electron chi connectivity index (χ1n) is 13.3. The molecule has 1 unspecified atom stereocenters. The molecule has 1 aromatic carbocycles. The molecular formula is C27H37F3N4O4. The van der Waals surface area contributed by atoms with Crippen molar-refractivity contribution in [3.05, 3.63) is 34.9 Å².